The fraction of sp³-hybridized carbons (Fsp3) is 0.364. The lowest BCUT2D eigenvalue weighted by Gasteiger charge is -2.23. The van der Waals surface area contributed by atoms with E-state index in [0.717, 1.165) is 18.2 Å². The van der Waals surface area contributed by atoms with E-state index >= 15 is 0 Å². The molecule has 0 bridgehead atoms. The van der Waals surface area contributed by atoms with Crippen LogP contribution in [0.15, 0.2) is 18.2 Å². The van der Waals surface area contributed by atoms with Gasteiger partial charge < -0.3 is 9.84 Å². The van der Waals surface area contributed by atoms with Crippen LogP contribution in [0.5, 0.6) is 0 Å². The highest BCUT2D eigenvalue weighted by atomic mass is 35.5. The Kier molecular flexibility index (Phi) is 5.11. The fourth-order valence-corrected chi connectivity index (χ4v) is 1.58. The molecule has 0 heterocycles. The molecule has 0 unspecified atom stereocenters. The molecular formula is C11H7ClF6O3. The summed E-state index contributed by atoms with van der Waals surface area (Å²) in [5, 5.41) is 8.34. The van der Waals surface area contributed by atoms with E-state index in [0.29, 0.717) is 0 Å². The number of carboxylic acid groups (broad SMARTS) is 1. The number of hydrogen-bond donors (Lipinski definition) is 1. The highest BCUT2D eigenvalue weighted by Gasteiger charge is 2.57. The highest BCUT2D eigenvalue weighted by molar-refractivity contribution is 6.31. The molecule has 0 radical (unpaired) electrons. The maximum Gasteiger partial charge on any atom is 0.423 e. The molecule has 0 aliphatic rings. The Hall–Kier alpha value is -1.48. The van der Waals surface area contributed by atoms with E-state index in [1.165, 1.54) is 0 Å². The van der Waals surface area contributed by atoms with Gasteiger partial charge in [0.05, 0.1) is 12.2 Å². The van der Waals surface area contributed by atoms with Gasteiger partial charge in [-0.05, 0) is 17.7 Å². The summed E-state index contributed by atoms with van der Waals surface area (Å²) in [6.45, 7) is -1.07. The lowest BCUT2D eigenvalue weighted by Crippen LogP contribution is -2.44. The predicted molar refractivity (Wildman–Crippen MR) is 59.1 cm³/mol. The van der Waals surface area contributed by atoms with Crippen LogP contribution in [-0.2, 0) is 11.3 Å². The van der Waals surface area contributed by atoms with E-state index in [1.807, 2.05) is 0 Å². The van der Waals surface area contributed by atoms with Crippen molar-refractivity contribution in [3.8, 4) is 0 Å². The molecule has 1 rings (SSSR count). The Morgan fingerprint density at radius 2 is 1.71 bits per heavy atom. The molecule has 0 aliphatic carbocycles. The summed E-state index contributed by atoms with van der Waals surface area (Å²) in [6.07, 6.45) is -15.2. The number of carbonyl (C=O) groups is 1. The second-order valence-electron chi connectivity index (χ2n) is 3.89. The van der Waals surface area contributed by atoms with Crippen LogP contribution in [0.25, 0.3) is 0 Å². The quantitative estimate of drug-likeness (QED) is 0.844. The molecule has 0 fully saturated rings. The SMILES string of the molecule is O=C(O)c1ccc(COC(C(F)(F)F)C(F)(F)F)c(Cl)c1. The predicted octanol–water partition coefficient (Wildman–Crippen LogP) is 4.05. The molecule has 0 aromatic heterocycles. The van der Waals surface area contributed by atoms with Crippen molar-refractivity contribution in [2.75, 3.05) is 0 Å². The molecule has 0 aliphatic heterocycles. The van der Waals surface area contributed by atoms with Crippen LogP contribution in [0, 0.1) is 0 Å². The van der Waals surface area contributed by atoms with Gasteiger partial charge in [0.25, 0.3) is 0 Å². The third-order valence-electron chi connectivity index (χ3n) is 2.30. The van der Waals surface area contributed by atoms with E-state index in [1.54, 1.807) is 0 Å². The molecular weight excluding hydrogens is 330 g/mol. The van der Waals surface area contributed by atoms with Gasteiger partial charge >= 0.3 is 18.3 Å². The first kappa shape index (κ1) is 17.6. The van der Waals surface area contributed by atoms with Crippen LogP contribution in [0.2, 0.25) is 5.02 Å². The van der Waals surface area contributed by atoms with Crippen molar-refractivity contribution in [2.45, 2.75) is 25.1 Å². The number of halogens is 7. The van der Waals surface area contributed by atoms with E-state index < -0.39 is 31.0 Å². The third-order valence-corrected chi connectivity index (χ3v) is 2.65. The smallest absolute Gasteiger partial charge is 0.423 e. The summed E-state index contributed by atoms with van der Waals surface area (Å²) in [6, 6.07) is 2.87. The summed E-state index contributed by atoms with van der Waals surface area (Å²) in [5.74, 6) is -1.34. The number of aromatic carboxylic acids is 1. The van der Waals surface area contributed by atoms with Crippen molar-refractivity contribution in [1.29, 1.82) is 0 Å². The number of carboxylic acids is 1. The van der Waals surface area contributed by atoms with E-state index in [9.17, 15) is 31.1 Å². The maximum atomic E-state index is 12.2. The van der Waals surface area contributed by atoms with Crippen molar-refractivity contribution < 1.29 is 41.0 Å². The zero-order valence-corrected chi connectivity index (χ0v) is 10.7. The second-order valence-corrected chi connectivity index (χ2v) is 4.29. The van der Waals surface area contributed by atoms with Crippen LogP contribution in [0.1, 0.15) is 15.9 Å². The van der Waals surface area contributed by atoms with Gasteiger partial charge in [0, 0.05) is 5.02 Å². The summed E-state index contributed by atoms with van der Waals surface area (Å²) in [4.78, 5) is 10.6. The van der Waals surface area contributed by atoms with Crippen LogP contribution in [0.3, 0.4) is 0 Å². The van der Waals surface area contributed by atoms with E-state index in [2.05, 4.69) is 4.74 Å². The van der Waals surface area contributed by atoms with Gasteiger partial charge in [0.2, 0.25) is 6.10 Å². The van der Waals surface area contributed by atoms with Crippen LogP contribution in [0.4, 0.5) is 26.3 Å². The molecule has 0 saturated carbocycles. The minimum Gasteiger partial charge on any atom is -0.478 e. The Morgan fingerprint density at radius 3 is 2.10 bits per heavy atom. The first-order valence-electron chi connectivity index (χ1n) is 5.19. The lowest BCUT2D eigenvalue weighted by molar-refractivity contribution is -0.324. The average molecular weight is 337 g/mol. The first-order chi connectivity index (χ1) is 9.43. The summed E-state index contributed by atoms with van der Waals surface area (Å²) in [7, 11) is 0. The van der Waals surface area contributed by atoms with Gasteiger partial charge in [-0.2, -0.15) is 26.3 Å². The summed E-state index contributed by atoms with van der Waals surface area (Å²) >= 11 is 5.58. The average Bonchev–Trinajstić information content (AvgIpc) is 2.27. The number of benzene rings is 1. The molecule has 0 amide bonds. The van der Waals surface area contributed by atoms with Crippen LogP contribution in [-0.4, -0.2) is 29.5 Å². The van der Waals surface area contributed by atoms with Crippen molar-refractivity contribution in [3.63, 3.8) is 0 Å². The standard InChI is InChI=1S/C11H7ClF6O3/c12-7-3-5(8(19)20)1-2-6(7)4-21-9(10(13,14)15)11(16,17)18/h1-3,9H,4H2,(H,19,20). The van der Waals surface area contributed by atoms with Crippen molar-refractivity contribution in [1.82, 2.24) is 0 Å². The lowest BCUT2D eigenvalue weighted by atomic mass is 10.1. The molecule has 0 atom stereocenters. The van der Waals surface area contributed by atoms with Crippen molar-refractivity contribution >= 4 is 17.6 Å². The Balaban J connectivity index is 2.89. The number of hydrogen-bond acceptors (Lipinski definition) is 2. The minimum atomic E-state index is -5.62. The van der Waals surface area contributed by atoms with Crippen LogP contribution < -0.4 is 0 Å². The van der Waals surface area contributed by atoms with Gasteiger partial charge in [0.1, 0.15) is 0 Å². The van der Waals surface area contributed by atoms with Gasteiger partial charge in [0.15, 0.2) is 0 Å². The number of rotatable bonds is 4. The molecule has 1 aromatic rings. The van der Waals surface area contributed by atoms with E-state index in [-0.39, 0.29) is 16.1 Å². The fourth-order valence-electron chi connectivity index (χ4n) is 1.35. The van der Waals surface area contributed by atoms with Gasteiger partial charge in [-0.25, -0.2) is 4.79 Å². The molecule has 10 heteroatoms. The molecule has 0 spiro atoms. The zero-order chi connectivity index (χ0) is 16.4. The molecule has 118 valence electrons. The van der Waals surface area contributed by atoms with Crippen molar-refractivity contribution in [2.24, 2.45) is 0 Å². The largest absolute Gasteiger partial charge is 0.478 e. The molecule has 1 N–H and O–H groups in total. The Bertz CT molecular complexity index is 512. The summed E-state index contributed by atoms with van der Waals surface area (Å²) < 4.78 is 77.3. The molecule has 0 saturated heterocycles. The van der Waals surface area contributed by atoms with Gasteiger partial charge in [-0.3, -0.25) is 0 Å². The zero-order valence-electron chi connectivity index (χ0n) is 9.93. The molecule has 1 aromatic carbocycles. The first-order valence-corrected chi connectivity index (χ1v) is 5.57. The Morgan fingerprint density at radius 1 is 1.19 bits per heavy atom. The topological polar surface area (TPSA) is 46.5 Å². The number of alkyl halides is 6. The molecule has 3 nitrogen and oxygen atoms in total. The number of ether oxygens (including phenoxy) is 1. The van der Waals surface area contributed by atoms with Crippen LogP contribution >= 0.6 is 11.6 Å². The van der Waals surface area contributed by atoms with Crippen molar-refractivity contribution in [3.05, 3.63) is 34.3 Å². The van der Waals surface area contributed by atoms with Gasteiger partial charge in [-0.1, -0.05) is 17.7 Å². The monoisotopic (exact) mass is 336 g/mol. The van der Waals surface area contributed by atoms with E-state index in [4.69, 9.17) is 16.7 Å². The highest BCUT2D eigenvalue weighted by Crippen LogP contribution is 2.36. The maximum absolute atomic E-state index is 12.2. The van der Waals surface area contributed by atoms with Gasteiger partial charge in [-0.15, -0.1) is 0 Å². The molecule has 21 heavy (non-hydrogen) atoms. The minimum absolute atomic E-state index is 0.194. The second kappa shape index (κ2) is 6.10. The third kappa shape index (κ3) is 4.78. The Labute approximate surface area is 119 Å². The normalized spacial score (nSPS) is 12.8. The summed E-state index contributed by atoms with van der Waals surface area (Å²) in [5.41, 5.74) is -0.452.